The highest BCUT2D eigenvalue weighted by molar-refractivity contribution is 7.10. The number of nitrogens with one attached hydrogen (secondary N) is 1. The molecule has 0 aliphatic heterocycles. The Morgan fingerprint density at radius 2 is 2.35 bits per heavy atom. The molecule has 2 rings (SSSR count). The summed E-state index contributed by atoms with van der Waals surface area (Å²) in [6.45, 7) is 3.50. The number of likely N-dealkylation sites (N-methyl/N-ethyl adjacent to an activating group) is 1. The summed E-state index contributed by atoms with van der Waals surface area (Å²) < 4.78 is 9.56. The summed E-state index contributed by atoms with van der Waals surface area (Å²) >= 11 is 1.40. The molecular formula is C11H20N4OS. The fraction of sp³-hybridized carbons (Fsp3) is 0.818. The monoisotopic (exact) mass is 256 g/mol. The van der Waals surface area contributed by atoms with Crippen LogP contribution in [-0.4, -0.2) is 48.3 Å². The Hall–Kier alpha value is -0.720. The first-order valence-electron chi connectivity index (χ1n) is 6.05. The van der Waals surface area contributed by atoms with Crippen molar-refractivity contribution in [3.8, 4) is 0 Å². The van der Waals surface area contributed by atoms with E-state index in [0.717, 1.165) is 42.9 Å². The molecular weight excluding hydrogens is 236 g/mol. The van der Waals surface area contributed by atoms with E-state index in [1.54, 1.807) is 0 Å². The summed E-state index contributed by atoms with van der Waals surface area (Å²) in [6, 6.07) is 0. The van der Waals surface area contributed by atoms with Crippen LogP contribution in [0.2, 0.25) is 0 Å². The van der Waals surface area contributed by atoms with E-state index in [2.05, 4.69) is 26.9 Å². The van der Waals surface area contributed by atoms with Gasteiger partial charge in [-0.25, -0.2) is 0 Å². The third-order valence-corrected chi connectivity index (χ3v) is 3.66. The van der Waals surface area contributed by atoms with Crippen LogP contribution in [0.3, 0.4) is 0 Å². The predicted molar refractivity (Wildman–Crippen MR) is 69.3 cm³/mol. The molecule has 0 spiro atoms. The number of anilines is 1. The zero-order chi connectivity index (χ0) is 12.1. The van der Waals surface area contributed by atoms with Crippen molar-refractivity contribution in [3.63, 3.8) is 0 Å². The van der Waals surface area contributed by atoms with Crippen LogP contribution in [0.4, 0.5) is 5.00 Å². The van der Waals surface area contributed by atoms with Crippen molar-refractivity contribution in [2.45, 2.75) is 19.4 Å². The fourth-order valence-electron chi connectivity index (χ4n) is 1.59. The Bertz CT molecular complexity index is 340. The van der Waals surface area contributed by atoms with E-state index in [0.29, 0.717) is 0 Å². The highest BCUT2D eigenvalue weighted by Crippen LogP contribution is 2.28. The van der Waals surface area contributed by atoms with Crippen molar-refractivity contribution in [2.75, 3.05) is 39.2 Å². The van der Waals surface area contributed by atoms with Crippen molar-refractivity contribution in [3.05, 3.63) is 5.69 Å². The van der Waals surface area contributed by atoms with Crippen LogP contribution in [0.1, 0.15) is 18.5 Å². The van der Waals surface area contributed by atoms with Gasteiger partial charge in [0.15, 0.2) is 0 Å². The van der Waals surface area contributed by atoms with Gasteiger partial charge >= 0.3 is 0 Å². The van der Waals surface area contributed by atoms with Gasteiger partial charge in [-0.1, -0.05) is 4.49 Å². The number of aromatic nitrogens is 2. The molecule has 0 amide bonds. The van der Waals surface area contributed by atoms with Gasteiger partial charge < -0.3 is 10.1 Å². The molecule has 1 aliphatic carbocycles. The molecule has 5 nitrogen and oxygen atoms in total. The zero-order valence-electron chi connectivity index (χ0n) is 10.5. The van der Waals surface area contributed by atoms with Crippen LogP contribution < -0.4 is 5.32 Å². The second kappa shape index (κ2) is 6.28. The summed E-state index contributed by atoms with van der Waals surface area (Å²) in [6.07, 6.45) is 2.71. The highest BCUT2D eigenvalue weighted by atomic mass is 32.1. The quantitative estimate of drug-likeness (QED) is 0.713. The predicted octanol–water partition coefficient (Wildman–Crippen LogP) is 1.44. The Morgan fingerprint density at radius 1 is 1.53 bits per heavy atom. The minimum Gasteiger partial charge on any atom is -0.380 e. The molecule has 1 heterocycles. The second-order valence-electron chi connectivity index (χ2n) is 4.55. The maximum absolute atomic E-state index is 5.61. The summed E-state index contributed by atoms with van der Waals surface area (Å²) in [7, 11) is 3.98. The van der Waals surface area contributed by atoms with E-state index < -0.39 is 0 Å². The third-order valence-electron chi connectivity index (χ3n) is 2.87. The van der Waals surface area contributed by atoms with Gasteiger partial charge in [0.1, 0.15) is 10.7 Å². The average Bonchev–Trinajstić information content (AvgIpc) is 3.04. The molecule has 96 valence electrons. The van der Waals surface area contributed by atoms with Crippen molar-refractivity contribution >= 4 is 16.5 Å². The Labute approximate surface area is 106 Å². The molecule has 1 saturated carbocycles. The summed E-state index contributed by atoms with van der Waals surface area (Å²) in [4.78, 5) is 2.21. The summed E-state index contributed by atoms with van der Waals surface area (Å²) in [5, 5.41) is 8.28. The van der Waals surface area contributed by atoms with Gasteiger partial charge in [0.25, 0.3) is 0 Å². The Kier molecular flexibility index (Phi) is 4.70. The van der Waals surface area contributed by atoms with Gasteiger partial charge in [-0.05, 0) is 25.8 Å². The summed E-state index contributed by atoms with van der Waals surface area (Å²) in [5.74, 6) is 0.846. The number of ether oxygens (including phenoxy) is 1. The highest BCUT2D eigenvalue weighted by Gasteiger charge is 2.21. The molecule has 0 saturated heterocycles. The van der Waals surface area contributed by atoms with Gasteiger partial charge in [-0.2, -0.15) is 0 Å². The van der Waals surface area contributed by atoms with Crippen LogP contribution in [0.25, 0.3) is 0 Å². The Balaban J connectivity index is 1.63. The standard InChI is InChI=1S/C11H20N4OS/c1-12-11-10(13-14-17-11)7-15(2)5-6-16-8-9-3-4-9/h9,12H,3-8H2,1-2H3. The maximum atomic E-state index is 5.61. The third kappa shape index (κ3) is 4.22. The minimum absolute atomic E-state index is 0.805. The molecule has 1 aliphatic rings. The molecule has 1 aromatic rings. The first-order valence-corrected chi connectivity index (χ1v) is 6.82. The van der Waals surface area contributed by atoms with Gasteiger partial charge in [0.05, 0.1) is 6.61 Å². The van der Waals surface area contributed by atoms with Gasteiger partial charge in [-0.15, -0.1) is 5.10 Å². The van der Waals surface area contributed by atoms with Gasteiger partial charge in [0, 0.05) is 38.3 Å². The first-order chi connectivity index (χ1) is 8.29. The lowest BCUT2D eigenvalue weighted by atomic mass is 10.4. The molecule has 6 heteroatoms. The summed E-state index contributed by atoms with van der Waals surface area (Å²) in [5.41, 5.74) is 1.02. The lowest BCUT2D eigenvalue weighted by Crippen LogP contribution is -2.23. The zero-order valence-corrected chi connectivity index (χ0v) is 11.3. The van der Waals surface area contributed by atoms with Crippen LogP contribution >= 0.6 is 11.5 Å². The second-order valence-corrected chi connectivity index (χ2v) is 5.31. The largest absolute Gasteiger partial charge is 0.380 e. The molecule has 0 aromatic carbocycles. The van der Waals surface area contributed by atoms with E-state index in [9.17, 15) is 0 Å². The number of hydrogen-bond acceptors (Lipinski definition) is 6. The molecule has 0 atom stereocenters. The van der Waals surface area contributed by atoms with Crippen molar-refractivity contribution in [1.82, 2.24) is 14.5 Å². The number of rotatable bonds is 8. The van der Waals surface area contributed by atoms with Gasteiger partial charge in [-0.3, -0.25) is 4.90 Å². The van der Waals surface area contributed by atoms with Crippen molar-refractivity contribution in [2.24, 2.45) is 5.92 Å². The Morgan fingerprint density at radius 3 is 3.06 bits per heavy atom. The molecule has 0 unspecified atom stereocenters. The molecule has 0 bridgehead atoms. The van der Waals surface area contributed by atoms with Gasteiger partial charge in [0.2, 0.25) is 0 Å². The van der Waals surface area contributed by atoms with E-state index in [-0.39, 0.29) is 0 Å². The van der Waals surface area contributed by atoms with E-state index in [1.165, 1.54) is 24.4 Å². The maximum Gasteiger partial charge on any atom is 0.134 e. The minimum atomic E-state index is 0.805. The van der Waals surface area contributed by atoms with Crippen LogP contribution in [0.5, 0.6) is 0 Å². The molecule has 0 radical (unpaired) electrons. The normalized spacial score (nSPS) is 15.5. The van der Waals surface area contributed by atoms with Crippen molar-refractivity contribution in [1.29, 1.82) is 0 Å². The lowest BCUT2D eigenvalue weighted by molar-refractivity contribution is 0.101. The smallest absolute Gasteiger partial charge is 0.134 e. The van der Waals surface area contributed by atoms with Crippen LogP contribution in [-0.2, 0) is 11.3 Å². The van der Waals surface area contributed by atoms with Crippen LogP contribution in [0.15, 0.2) is 0 Å². The molecule has 1 aromatic heterocycles. The van der Waals surface area contributed by atoms with E-state index in [4.69, 9.17) is 4.74 Å². The number of nitrogens with zero attached hydrogens (tertiary/aromatic N) is 3. The first kappa shape index (κ1) is 12.7. The number of hydrogen-bond donors (Lipinski definition) is 1. The van der Waals surface area contributed by atoms with Crippen molar-refractivity contribution < 1.29 is 4.74 Å². The fourth-order valence-corrected chi connectivity index (χ4v) is 2.11. The molecule has 1 N–H and O–H groups in total. The lowest BCUT2D eigenvalue weighted by Gasteiger charge is -2.15. The molecule has 1 fully saturated rings. The SMILES string of the molecule is CNc1snnc1CN(C)CCOCC1CC1. The molecule has 17 heavy (non-hydrogen) atoms. The van der Waals surface area contributed by atoms with Crippen LogP contribution in [0, 0.1) is 5.92 Å². The van der Waals surface area contributed by atoms with E-state index in [1.807, 2.05) is 7.05 Å². The topological polar surface area (TPSA) is 50.3 Å². The van der Waals surface area contributed by atoms with E-state index >= 15 is 0 Å². The average molecular weight is 256 g/mol.